The summed E-state index contributed by atoms with van der Waals surface area (Å²) < 4.78 is 5.33. The van der Waals surface area contributed by atoms with E-state index in [-0.39, 0.29) is 37.2 Å². The van der Waals surface area contributed by atoms with Crippen LogP contribution in [0.5, 0.6) is 5.75 Å². The first-order valence-corrected chi connectivity index (χ1v) is 11.3. The van der Waals surface area contributed by atoms with E-state index in [9.17, 15) is 14.4 Å². The lowest BCUT2D eigenvalue weighted by Gasteiger charge is -2.36. The van der Waals surface area contributed by atoms with Gasteiger partial charge in [-0.1, -0.05) is 29.8 Å². The summed E-state index contributed by atoms with van der Waals surface area (Å²) in [6.07, 6.45) is 0.0748. The van der Waals surface area contributed by atoms with Gasteiger partial charge >= 0.3 is 0 Å². The summed E-state index contributed by atoms with van der Waals surface area (Å²) in [5.41, 5.74) is 1.68. The quantitative estimate of drug-likeness (QED) is 0.699. The first-order valence-electron chi connectivity index (χ1n) is 11.0. The van der Waals surface area contributed by atoms with Crippen LogP contribution >= 0.6 is 11.6 Å². The van der Waals surface area contributed by atoms with Crippen LogP contribution in [0.3, 0.4) is 0 Å². The van der Waals surface area contributed by atoms with Crippen LogP contribution in [-0.2, 0) is 14.4 Å². The molecule has 0 radical (unpaired) electrons. The Hall–Kier alpha value is -3.26. The number of methoxy groups -OCH3 is 1. The lowest BCUT2D eigenvalue weighted by molar-refractivity contribution is -0.134. The topological polar surface area (TPSA) is 82.2 Å². The highest BCUT2D eigenvalue weighted by Crippen LogP contribution is 2.35. The zero-order valence-electron chi connectivity index (χ0n) is 18.5. The zero-order chi connectivity index (χ0) is 23.4. The third kappa shape index (κ3) is 5.22. The molecule has 2 heterocycles. The molecule has 2 aliphatic rings. The predicted octanol–water partition coefficient (Wildman–Crippen LogP) is 2.17. The molecule has 0 spiro atoms. The fourth-order valence-electron chi connectivity index (χ4n) is 4.26. The second kappa shape index (κ2) is 10.1. The standard InChI is InChI=1S/C24H27ClN4O4/c1-33-21-8-7-18(25)14-20(21)29-16-17(13-22(29)30)24(32)26-15-23(31)28-11-9-27(10-12-28)19-5-3-2-4-6-19/h2-8,14,17H,9-13,15-16H2,1H3,(H,26,32). The maximum absolute atomic E-state index is 12.7. The molecule has 1 unspecified atom stereocenters. The Labute approximate surface area is 198 Å². The van der Waals surface area contributed by atoms with Gasteiger partial charge in [-0.15, -0.1) is 0 Å². The molecule has 3 amide bonds. The smallest absolute Gasteiger partial charge is 0.242 e. The summed E-state index contributed by atoms with van der Waals surface area (Å²) in [7, 11) is 1.52. The molecular weight excluding hydrogens is 444 g/mol. The molecule has 4 rings (SSSR count). The second-order valence-corrected chi connectivity index (χ2v) is 8.58. The van der Waals surface area contributed by atoms with Crippen molar-refractivity contribution in [2.75, 3.05) is 56.2 Å². The van der Waals surface area contributed by atoms with Crippen LogP contribution in [-0.4, -0.2) is 69.0 Å². The van der Waals surface area contributed by atoms with Crippen molar-refractivity contribution in [1.82, 2.24) is 10.2 Å². The van der Waals surface area contributed by atoms with E-state index in [2.05, 4.69) is 22.3 Å². The lowest BCUT2D eigenvalue weighted by atomic mass is 10.1. The minimum atomic E-state index is -0.538. The first-order chi connectivity index (χ1) is 16.0. The Morgan fingerprint density at radius 3 is 2.52 bits per heavy atom. The van der Waals surface area contributed by atoms with Crippen molar-refractivity contribution >= 4 is 40.7 Å². The number of halogens is 1. The van der Waals surface area contributed by atoms with Crippen molar-refractivity contribution in [3.05, 3.63) is 53.6 Å². The molecule has 2 aromatic carbocycles. The fraction of sp³-hybridized carbons (Fsp3) is 0.375. The molecule has 9 heteroatoms. The van der Waals surface area contributed by atoms with Gasteiger partial charge in [-0.3, -0.25) is 14.4 Å². The molecule has 2 aromatic rings. The summed E-state index contributed by atoms with van der Waals surface area (Å²) >= 11 is 6.08. The van der Waals surface area contributed by atoms with Crippen molar-refractivity contribution < 1.29 is 19.1 Å². The van der Waals surface area contributed by atoms with Crippen LogP contribution < -0.4 is 19.9 Å². The molecule has 8 nitrogen and oxygen atoms in total. The Kier molecular flexibility index (Phi) is 7.03. The average molecular weight is 471 g/mol. The predicted molar refractivity (Wildman–Crippen MR) is 127 cm³/mol. The number of hydrogen-bond donors (Lipinski definition) is 1. The van der Waals surface area contributed by atoms with E-state index in [0.717, 1.165) is 18.8 Å². The van der Waals surface area contributed by atoms with Gasteiger partial charge in [0.05, 0.1) is 25.3 Å². The molecule has 1 atom stereocenters. The van der Waals surface area contributed by atoms with E-state index < -0.39 is 5.92 Å². The van der Waals surface area contributed by atoms with Gasteiger partial charge in [0.1, 0.15) is 5.75 Å². The van der Waals surface area contributed by atoms with Crippen molar-refractivity contribution in [2.24, 2.45) is 5.92 Å². The molecule has 33 heavy (non-hydrogen) atoms. The highest BCUT2D eigenvalue weighted by Gasteiger charge is 2.36. The Morgan fingerprint density at radius 2 is 1.82 bits per heavy atom. The van der Waals surface area contributed by atoms with E-state index in [1.807, 2.05) is 18.2 Å². The van der Waals surface area contributed by atoms with E-state index in [4.69, 9.17) is 16.3 Å². The minimum absolute atomic E-state index is 0.0741. The van der Waals surface area contributed by atoms with E-state index >= 15 is 0 Å². The maximum atomic E-state index is 12.7. The van der Waals surface area contributed by atoms with Crippen molar-refractivity contribution in [3.63, 3.8) is 0 Å². The van der Waals surface area contributed by atoms with Crippen molar-refractivity contribution in [3.8, 4) is 5.75 Å². The number of hydrogen-bond acceptors (Lipinski definition) is 5. The van der Waals surface area contributed by atoms with Crippen LogP contribution in [0.25, 0.3) is 0 Å². The number of rotatable bonds is 6. The Morgan fingerprint density at radius 1 is 1.09 bits per heavy atom. The SMILES string of the molecule is COc1ccc(Cl)cc1N1CC(C(=O)NCC(=O)N2CCN(c3ccccc3)CC2)CC1=O. The molecule has 1 N–H and O–H groups in total. The summed E-state index contributed by atoms with van der Waals surface area (Å²) in [4.78, 5) is 43.4. The molecule has 0 aromatic heterocycles. The number of amides is 3. The molecule has 174 valence electrons. The fourth-order valence-corrected chi connectivity index (χ4v) is 4.43. The highest BCUT2D eigenvalue weighted by atomic mass is 35.5. The average Bonchev–Trinajstić information content (AvgIpc) is 3.24. The van der Waals surface area contributed by atoms with Gasteiger partial charge < -0.3 is 24.8 Å². The number of carbonyl (C=O) groups is 3. The Balaban J connectivity index is 1.28. The minimum Gasteiger partial charge on any atom is -0.495 e. The monoisotopic (exact) mass is 470 g/mol. The number of nitrogens with one attached hydrogen (secondary N) is 1. The molecule has 2 saturated heterocycles. The maximum Gasteiger partial charge on any atom is 0.242 e. The van der Waals surface area contributed by atoms with Crippen LogP contribution in [0.2, 0.25) is 5.02 Å². The molecular formula is C24H27ClN4O4. The van der Waals surface area contributed by atoms with Gasteiger partial charge in [-0.05, 0) is 30.3 Å². The molecule has 0 saturated carbocycles. The number of piperazine rings is 1. The van der Waals surface area contributed by atoms with Gasteiger partial charge in [0, 0.05) is 49.9 Å². The number of ether oxygens (including phenoxy) is 1. The Bertz CT molecular complexity index is 1020. The number of anilines is 2. The number of carbonyl (C=O) groups excluding carboxylic acids is 3. The highest BCUT2D eigenvalue weighted by molar-refractivity contribution is 6.31. The number of nitrogens with zero attached hydrogens (tertiary/aromatic N) is 3. The van der Waals surface area contributed by atoms with Crippen molar-refractivity contribution in [2.45, 2.75) is 6.42 Å². The van der Waals surface area contributed by atoms with Gasteiger partial charge in [-0.25, -0.2) is 0 Å². The van der Waals surface area contributed by atoms with Crippen LogP contribution in [0.1, 0.15) is 6.42 Å². The zero-order valence-corrected chi connectivity index (χ0v) is 19.3. The van der Waals surface area contributed by atoms with Gasteiger partial charge in [-0.2, -0.15) is 0 Å². The summed E-state index contributed by atoms with van der Waals surface area (Å²) in [6.45, 7) is 2.84. The van der Waals surface area contributed by atoms with E-state index in [1.54, 1.807) is 23.1 Å². The number of benzene rings is 2. The lowest BCUT2D eigenvalue weighted by Crippen LogP contribution is -2.51. The largest absolute Gasteiger partial charge is 0.495 e. The van der Waals surface area contributed by atoms with E-state index in [0.29, 0.717) is 29.5 Å². The molecule has 0 aliphatic carbocycles. The van der Waals surface area contributed by atoms with Gasteiger partial charge in [0.2, 0.25) is 17.7 Å². The normalized spacial score (nSPS) is 18.4. The van der Waals surface area contributed by atoms with Crippen LogP contribution in [0, 0.1) is 5.92 Å². The second-order valence-electron chi connectivity index (χ2n) is 8.14. The third-order valence-electron chi connectivity index (χ3n) is 6.10. The van der Waals surface area contributed by atoms with Crippen molar-refractivity contribution in [1.29, 1.82) is 0 Å². The summed E-state index contributed by atoms with van der Waals surface area (Å²) in [5, 5.41) is 3.19. The van der Waals surface area contributed by atoms with Crippen LogP contribution in [0.4, 0.5) is 11.4 Å². The number of para-hydroxylation sites is 1. The van der Waals surface area contributed by atoms with Crippen LogP contribution in [0.15, 0.2) is 48.5 Å². The third-order valence-corrected chi connectivity index (χ3v) is 6.33. The summed E-state index contributed by atoms with van der Waals surface area (Å²) in [5.74, 6) is -0.626. The molecule has 2 fully saturated rings. The summed E-state index contributed by atoms with van der Waals surface area (Å²) in [6, 6.07) is 15.1. The van der Waals surface area contributed by atoms with Gasteiger partial charge in [0.25, 0.3) is 0 Å². The molecule has 0 bridgehead atoms. The van der Waals surface area contributed by atoms with E-state index in [1.165, 1.54) is 12.0 Å². The molecule has 2 aliphatic heterocycles. The van der Waals surface area contributed by atoms with Gasteiger partial charge in [0.15, 0.2) is 0 Å². The first kappa shape index (κ1) is 22.9.